The van der Waals surface area contributed by atoms with Gasteiger partial charge in [0.2, 0.25) is 0 Å². The molecule has 2 N–H and O–H groups in total. The molecule has 1 aliphatic carbocycles. The summed E-state index contributed by atoms with van der Waals surface area (Å²) in [5.41, 5.74) is 6.81. The largest absolute Gasteiger partial charge is 0.398 e. The number of hydrogen-bond acceptors (Lipinski definition) is 3. The normalized spacial score (nSPS) is 16.7. The van der Waals surface area contributed by atoms with Gasteiger partial charge in [-0.1, -0.05) is 12.8 Å². The van der Waals surface area contributed by atoms with Crippen LogP contribution in [0.25, 0.3) is 10.8 Å². The van der Waals surface area contributed by atoms with Crippen molar-refractivity contribution in [2.24, 2.45) is 0 Å². The maximum Gasteiger partial charge on any atom is 0.0410 e. The lowest BCUT2D eigenvalue weighted by Crippen LogP contribution is -1.95. The van der Waals surface area contributed by atoms with Crippen molar-refractivity contribution in [3.8, 4) is 0 Å². The van der Waals surface area contributed by atoms with Crippen LogP contribution in [0.1, 0.15) is 25.7 Å². The molecule has 88 valence electrons. The van der Waals surface area contributed by atoms with Gasteiger partial charge in [0.05, 0.1) is 0 Å². The van der Waals surface area contributed by atoms with E-state index in [9.17, 15) is 0 Å². The fourth-order valence-electron chi connectivity index (χ4n) is 2.47. The van der Waals surface area contributed by atoms with Gasteiger partial charge in [-0.2, -0.15) is 0 Å². The Morgan fingerprint density at radius 3 is 2.76 bits per heavy atom. The Morgan fingerprint density at radius 2 is 1.94 bits per heavy atom. The molecule has 0 saturated heterocycles. The molecule has 0 aliphatic heterocycles. The highest BCUT2D eigenvalue weighted by atomic mass is 32.2. The molecule has 1 saturated carbocycles. The number of nitrogens with zero attached hydrogens (tertiary/aromatic N) is 1. The molecule has 1 heterocycles. The van der Waals surface area contributed by atoms with Crippen LogP contribution >= 0.6 is 11.8 Å². The van der Waals surface area contributed by atoms with E-state index in [-0.39, 0.29) is 0 Å². The molecule has 1 fully saturated rings. The SMILES string of the molecule is Nc1ccc(SC2CCCC2)c2ccncc12. The number of rotatable bonds is 2. The molecular formula is C14H16N2S. The Hall–Kier alpha value is -1.22. The monoisotopic (exact) mass is 244 g/mol. The molecule has 3 rings (SSSR count). The molecule has 0 radical (unpaired) electrons. The predicted molar refractivity (Wildman–Crippen MR) is 74.3 cm³/mol. The van der Waals surface area contributed by atoms with Gasteiger partial charge in [-0.3, -0.25) is 4.98 Å². The molecule has 0 unspecified atom stereocenters. The lowest BCUT2D eigenvalue weighted by atomic mass is 10.1. The van der Waals surface area contributed by atoms with Crippen LogP contribution in [-0.2, 0) is 0 Å². The van der Waals surface area contributed by atoms with Crippen molar-refractivity contribution in [1.29, 1.82) is 0 Å². The van der Waals surface area contributed by atoms with Crippen molar-refractivity contribution < 1.29 is 0 Å². The zero-order valence-electron chi connectivity index (χ0n) is 9.73. The summed E-state index contributed by atoms with van der Waals surface area (Å²) >= 11 is 2.01. The minimum atomic E-state index is 0.787. The number of pyridine rings is 1. The zero-order valence-corrected chi connectivity index (χ0v) is 10.5. The van der Waals surface area contributed by atoms with E-state index in [0.717, 1.165) is 16.3 Å². The summed E-state index contributed by atoms with van der Waals surface area (Å²) < 4.78 is 0. The van der Waals surface area contributed by atoms with Crippen molar-refractivity contribution in [3.05, 3.63) is 30.6 Å². The number of fused-ring (bicyclic) bond motifs is 1. The first kappa shape index (κ1) is 10.9. The number of nitrogen functional groups attached to an aromatic ring is 1. The maximum absolute atomic E-state index is 5.98. The Kier molecular flexibility index (Phi) is 2.93. The van der Waals surface area contributed by atoms with Gasteiger partial charge in [-0.25, -0.2) is 0 Å². The molecule has 1 aromatic carbocycles. The van der Waals surface area contributed by atoms with Crippen LogP contribution in [0.5, 0.6) is 0 Å². The average Bonchev–Trinajstić information content (AvgIpc) is 2.86. The van der Waals surface area contributed by atoms with E-state index >= 15 is 0 Å². The molecule has 3 heteroatoms. The third-order valence-electron chi connectivity index (χ3n) is 3.41. The third kappa shape index (κ3) is 2.12. The number of thioether (sulfide) groups is 1. The van der Waals surface area contributed by atoms with E-state index in [4.69, 9.17) is 5.73 Å². The highest BCUT2D eigenvalue weighted by Crippen LogP contribution is 2.38. The van der Waals surface area contributed by atoms with E-state index in [1.807, 2.05) is 30.2 Å². The zero-order chi connectivity index (χ0) is 11.7. The predicted octanol–water partition coefficient (Wildman–Crippen LogP) is 3.85. The van der Waals surface area contributed by atoms with Crippen LogP contribution in [0.3, 0.4) is 0 Å². The number of anilines is 1. The summed E-state index contributed by atoms with van der Waals surface area (Å²) in [5, 5.41) is 3.11. The first-order valence-corrected chi connectivity index (χ1v) is 7.01. The minimum absolute atomic E-state index is 0.787. The second-order valence-corrected chi connectivity index (χ2v) is 5.94. The first-order chi connectivity index (χ1) is 8.34. The van der Waals surface area contributed by atoms with Crippen molar-refractivity contribution >= 4 is 28.2 Å². The molecule has 1 aromatic heterocycles. The Labute approximate surface area is 106 Å². The van der Waals surface area contributed by atoms with Crippen LogP contribution in [-0.4, -0.2) is 10.2 Å². The summed E-state index contributed by atoms with van der Waals surface area (Å²) in [4.78, 5) is 5.51. The fraction of sp³-hybridized carbons (Fsp3) is 0.357. The molecule has 1 aliphatic rings. The van der Waals surface area contributed by atoms with Gasteiger partial charge in [0.15, 0.2) is 0 Å². The molecule has 0 atom stereocenters. The first-order valence-electron chi connectivity index (χ1n) is 6.13. The third-order valence-corrected chi connectivity index (χ3v) is 4.82. The second-order valence-electron chi connectivity index (χ2n) is 4.60. The van der Waals surface area contributed by atoms with Gasteiger partial charge in [0, 0.05) is 39.0 Å². The summed E-state index contributed by atoms with van der Waals surface area (Å²) in [5.74, 6) is 0. The molecule has 2 nitrogen and oxygen atoms in total. The van der Waals surface area contributed by atoms with Gasteiger partial charge in [-0.15, -0.1) is 11.8 Å². The lowest BCUT2D eigenvalue weighted by Gasteiger charge is -2.12. The summed E-state index contributed by atoms with van der Waals surface area (Å²) in [7, 11) is 0. The highest BCUT2D eigenvalue weighted by Gasteiger charge is 2.17. The highest BCUT2D eigenvalue weighted by molar-refractivity contribution is 8.00. The van der Waals surface area contributed by atoms with E-state index in [1.54, 1.807) is 0 Å². The second kappa shape index (κ2) is 4.57. The molecule has 17 heavy (non-hydrogen) atoms. The molecule has 2 aromatic rings. The van der Waals surface area contributed by atoms with E-state index in [1.165, 1.54) is 36.0 Å². The quantitative estimate of drug-likeness (QED) is 0.815. The fourth-order valence-corrected chi connectivity index (χ4v) is 3.85. The summed E-state index contributed by atoms with van der Waals surface area (Å²) in [6.45, 7) is 0. The molecule has 0 spiro atoms. The number of nitrogens with two attached hydrogens (primary N) is 1. The number of hydrogen-bond donors (Lipinski definition) is 1. The van der Waals surface area contributed by atoms with Gasteiger partial charge in [0.25, 0.3) is 0 Å². The van der Waals surface area contributed by atoms with Crippen LogP contribution in [0.15, 0.2) is 35.5 Å². The molecular weight excluding hydrogens is 228 g/mol. The smallest absolute Gasteiger partial charge is 0.0410 e. The van der Waals surface area contributed by atoms with Gasteiger partial charge < -0.3 is 5.73 Å². The van der Waals surface area contributed by atoms with Crippen LogP contribution in [0.4, 0.5) is 5.69 Å². The van der Waals surface area contributed by atoms with Crippen molar-refractivity contribution in [2.75, 3.05) is 5.73 Å². The molecule has 0 amide bonds. The number of aromatic nitrogens is 1. The average molecular weight is 244 g/mol. The van der Waals surface area contributed by atoms with Crippen LogP contribution in [0.2, 0.25) is 0 Å². The van der Waals surface area contributed by atoms with Crippen molar-refractivity contribution in [2.45, 2.75) is 35.8 Å². The Balaban J connectivity index is 2.01. The van der Waals surface area contributed by atoms with Crippen molar-refractivity contribution in [3.63, 3.8) is 0 Å². The van der Waals surface area contributed by atoms with Gasteiger partial charge in [0.1, 0.15) is 0 Å². The van der Waals surface area contributed by atoms with E-state index < -0.39 is 0 Å². The summed E-state index contributed by atoms with van der Waals surface area (Å²) in [6.07, 6.45) is 9.17. The Bertz CT molecular complexity index is 533. The number of benzene rings is 1. The maximum atomic E-state index is 5.98. The van der Waals surface area contributed by atoms with Crippen LogP contribution in [0, 0.1) is 0 Å². The van der Waals surface area contributed by atoms with Gasteiger partial charge in [-0.05, 0) is 31.0 Å². The van der Waals surface area contributed by atoms with Crippen LogP contribution < -0.4 is 5.73 Å². The molecule has 0 bridgehead atoms. The van der Waals surface area contributed by atoms with Gasteiger partial charge >= 0.3 is 0 Å². The summed E-state index contributed by atoms with van der Waals surface area (Å²) in [6, 6.07) is 6.23. The minimum Gasteiger partial charge on any atom is -0.398 e. The van der Waals surface area contributed by atoms with Crippen molar-refractivity contribution in [1.82, 2.24) is 4.98 Å². The Morgan fingerprint density at radius 1 is 1.12 bits per heavy atom. The van der Waals surface area contributed by atoms with E-state index in [0.29, 0.717) is 0 Å². The standard InChI is InChI=1S/C14H16N2S/c15-13-5-6-14(17-10-3-1-2-4-10)11-7-8-16-9-12(11)13/h5-10H,1-4,15H2. The lowest BCUT2D eigenvalue weighted by molar-refractivity contribution is 0.886. The topological polar surface area (TPSA) is 38.9 Å². The van der Waals surface area contributed by atoms with E-state index in [2.05, 4.69) is 17.1 Å².